The average Bonchev–Trinajstić information content (AvgIpc) is 2.29. The van der Waals surface area contributed by atoms with Gasteiger partial charge in [0.25, 0.3) is 0 Å². The highest BCUT2D eigenvalue weighted by Crippen LogP contribution is 2.20. The monoisotopic (exact) mass is 242 g/mol. The fourth-order valence-electron chi connectivity index (χ4n) is 1.43. The highest BCUT2D eigenvalue weighted by molar-refractivity contribution is 6.30. The first kappa shape index (κ1) is 13.2. The van der Waals surface area contributed by atoms with Gasteiger partial charge in [0.05, 0.1) is 6.61 Å². The van der Waals surface area contributed by atoms with E-state index < -0.39 is 0 Å². The number of rotatable bonds is 7. The third kappa shape index (κ3) is 4.35. The normalized spacial score (nSPS) is 10.4. The first-order valence-corrected chi connectivity index (χ1v) is 6.23. The quantitative estimate of drug-likeness (QED) is 0.539. The van der Waals surface area contributed by atoms with Gasteiger partial charge in [-0.3, -0.25) is 0 Å². The fraction of sp³-hybridized carbons (Fsp3) is 0.667. The Balaban J connectivity index is 2.24. The largest absolute Gasteiger partial charge is 0.477 e. The molecule has 0 radical (unpaired) electrons. The summed E-state index contributed by atoms with van der Waals surface area (Å²) < 4.78 is 5.56. The molecule has 16 heavy (non-hydrogen) atoms. The van der Waals surface area contributed by atoms with Crippen molar-refractivity contribution in [1.29, 1.82) is 0 Å². The van der Waals surface area contributed by atoms with E-state index in [0.29, 0.717) is 17.6 Å². The van der Waals surface area contributed by atoms with Gasteiger partial charge >= 0.3 is 0 Å². The predicted octanol–water partition coefficient (Wildman–Crippen LogP) is 3.79. The number of hydrogen-bond donors (Lipinski definition) is 0. The molecule has 0 aliphatic rings. The highest BCUT2D eigenvalue weighted by atomic mass is 35.5. The zero-order valence-electron chi connectivity index (χ0n) is 10.0. The van der Waals surface area contributed by atoms with E-state index in [4.69, 9.17) is 16.3 Å². The second-order valence-corrected chi connectivity index (χ2v) is 4.22. The van der Waals surface area contributed by atoms with Crippen LogP contribution in [0.3, 0.4) is 0 Å². The summed E-state index contributed by atoms with van der Waals surface area (Å²) in [4.78, 5) is 7.94. The van der Waals surface area contributed by atoms with Gasteiger partial charge in [-0.15, -0.1) is 0 Å². The molecular weight excluding hydrogens is 224 g/mol. The fourth-order valence-corrected chi connectivity index (χ4v) is 1.56. The van der Waals surface area contributed by atoms with E-state index in [1.165, 1.54) is 32.0 Å². The van der Waals surface area contributed by atoms with E-state index in [1.54, 1.807) is 0 Å². The summed E-state index contributed by atoms with van der Waals surface area (Å²) in [5.74, 6) is 0.607. The van der Waals surface area contributed by atoms with Crippen LogP contribution in [0.25, 0.3) is 0 Å². The highest BCUT2D eigenvalue weighted by Gasteiger charge is 2.05. The molecule has 1 rings (SSSR count). The first-order chi connectivity index (χ1) is 7.75. The smallest absolute Gasteiger partial charge is 0.220 e. The summed E-state index contributed by atoms with van der Waals surface area (Å²) in [6, 6.07) is 0. The van der Waals surface area contributed by atoms with Crippen LogP contribution in [-0.4, -0.2) is 16.6 Å². The Morgan fingerprint density at radius 3 is 2.69 bits per heavy atom. The lowest BCUT2D eigenvalue weighted by molar-refractivity contribution is 0.290. The molecule has 0 saturated carbocycles. The number of aromatic nitrogens is 2. The molecule has 0 spiro atoms. The molecule has 0 atom stereocenters. The molecule has 1 heterocycles. The summed E-state index contributed by atoms with van der Waals surface area (Å²) in [5, 5.41) is 0.469. The van der Waals surface area contributed by atoms with Crippen LogP contribution in [0.4, 0.5) is 0 Å². The van der Waals surface area contributed by atoms with Crippen LogP contribution < -0.4 is 4.74 Å². The van der Waals surface area contributed by atoms with Crippen molar-refractivity contribution in [3.63, 3.8) is 0 Å². The average molecular weight is 243 g/mol. The number of unbranched alkanes of at least 4 members (excludes halogenated alkanes) is 4. The molecule has 0 bridgehead atoms. The summed E-state index contributed by atoms with van der Waals surface area (Å²) in [5.41, 5.74) is 0.817. The molecule has 0 fully saturated rings. The molecule has 1 aromatic heterocycles. The van der Waals surface area contributed by atoms with Gasteiger partial charge < -0.3 is 4.74 Å². The third-order valence-corrected chi connectivity index (χ3v) is 2.84. The molecule has 90 valence electrons. The minimum Gasteiger partial charge on any atom is -0.477 e. The molecular formula is C12H19ClN2O. The topological polar surface area (TPSA) is 35.0 Å². The van der Waals surface area contributed by atoms with Crippen molar-refractivity contribution in [2.75, 3.05) is 6.61 Å². The Bertz CT molecular complexity index is 318. The molecule has 4 heteroatoms. The molecule has 0 N–H and O–H groups in total. The van der Waals surface area contributed by atoms with E-state index in [9.17, 15) is 0 Å². The molecule has 0 unspecified atom stereocenters. The van der Waals surface area contributed by atoms with Gasteiger partial charge in [0.15, 0.2) is 0 Å². The zero-order valence-corrected chi connectivity index (χ0v) is 10.8. The van der Waals surface area contributed by atoms with Crippen molar-refractivity contribution in [1.82, 2.24) is 9.97 Å². The van der Waals surface area contributed by atoms with Crippen LogP contribution >= 0.6 is 11.6 Å². The van der Waals surface area contributed by atoms with Crippen molar-refractivity contribution >= 4 is 11.6 Å². The SMILES string of the molecule is CCCCCCCOc1ncnc(Cl)c1C. The molecule has 0 amide bonds. The molecule has 3 nitrogen and oxygen atoms in total. The first-order valence-electron chi connectivity index (χ1n) is 5.85. The Morgan fingerprint density at radius 2 is 1.94 bits per heavy atom. The third-order valence-electron chi connectivity index (χ3n) is 2.46. The Kier molecular flexibility index (Phi) is 6.16. The predicted molar refractivity (Wildman–Crippen MR) is 66.0 cm³/mol. The maximum absolute atomic E-state index is 5.86. The van der Waals surface area contributed by atoms with E-state index in [0.717, 1.165) is 12.0 Å². The lowest BCUT2D eigenvalue weighted by Gasteiger charge is -2.07. The van der Waals surface area contributed by atoms with Crippen LogP contribution in [0.5, 0.6) is 5.88 Å². The van der Waals surface area contributed by atoms with Gasteiger partial charge in [-0.2, -0.15) is 0 Å². The van der Waals surface area contributed by atoms with Crippen LogP contribution in [0.2, 0.25) is 5.15 Å². The minimum absolute atomic E-state index is 0.469. The molecule has 1 aromatic rings. The maximum Gasteiger partial charge on any atom is 0.220 e. The van der Waals surface area contributed by atoms with Gasteiger partial charge in [-0.1, -0.05) is 44.2 Å². The van der Waals surface area contributed by atoms with Crippen LogP contribution in [0.15, 0.2) is 6.33 Å². The number of ether oxygens (including phenoxy) is 1. The number of halogens is 1. The van der Waals surface area contributed by atoms with E-state index in [-0.39, 0.29) is 0 Å². The molecule has 0 aromatic carbocycles. The zero-order chi connectivity index (χ0) is 11.8. The summed E-state index contributed by atoms with van der Waals surface area (Å²) in [6.45, 7) is 4.79. The van der Waals surface area contributed by atoms with Crippen molar-refractivity contribution in [2.24, 2.45) is 0 Å². The second-order valence-electron chi connectivity index (χ2n) is 3.86. The van der Waals surface area contributed by atoms with Gasteiger partial charge in [-0.05, 0) is 13.3 Å². The van der Waals surface area contributed by atoms with Gasteiger partial charge in [-0.25, -0.2) is 9.97 Å². The van der Waals surface area contributed by atoms with Crippen LogP contribution in [-0.2, 0) is 0 Å². The summed E-state index contributed by atoms with van der Waals surface area (Å²) in [7, 11) is 0. The molecule has 0 saturated heterocycles. The number of nitrogens with zero attached hydrogens (tertiary/aromatic N) is 2. The number of hydrogen-bond acceptors (Lipinski definition) is 3. The maximum atomic E-state index is 5.86. The lowest BCUT2D eigenvalue weighted by Crippen LogP contribution is -2.01. The van der Waals surface area contributed by atoms with Crippen molar-refractivity contribution < 1.29 is 4.74 Å². The lowest BCUT2D eigenvalue weighted by atomic mass is 10.2. The van der Waals surface area contributed by atoms with Crippen LogP contribution in [0.1, 0.15) is 44.6 Å². The van der Waals surface area contributed by atoms with Gasteiger partial charge in [0.2, 0.25) is 5.88 Å². The van der Waals surface area contributed by atoms with Crippen molar-refractivity contribution in [3.05, 3.63) is 17.0 Å². The summed E-state index contributed by atoms with van der Waals surface area (Å²) >= 11 is 5.86. The molecule has 0 aliphatic heterocycles. The minimum atomic E-state index is 0.469. The summed E-state index contributed by atoms with van der Waals surface area (Å²) in [6.07, 6.45) is 7.57. The Hall–Kier alpha value is -0.830. The van der Waals surface area contributed by atoms with E-state index in [2.05, 4.69) is 16.9 Å². The Morgan fingerprint density at radius 1 is 1.19 bits per heavy atom. The van der Waals surface area contributed by atoms with Crippen molar-refractivity contribution in [3.8, 4) is 5.88 Å². The van der Waals surface area contributed by atoms with Crippen LogP contribution in [0, 0.1) is 6.92 Å². The van der Waals surface area contributed by atoms with Crippen molar-refractivity contribution in [2.45, 2.75) is 46.0 Å². The standard InChI is InChI=1S/C12H19ClN2O/c1-3-4-5-6-7-8-16-12-10(2)11(13)14-9-15-12/h9H,3-8H2,1-2H3. The van der Waals surface area contributed by atoms with Gasteiger partial charge in [0, 0.05) is 5.56 Å². The van der Waals surface area contributed by atoms with Gasteiger partial charge in [0.1, 0.15) is 11.5 Å². The van der Waals surface area contributed by atoms with E-state index >= 15 is 0 Å². The Labute approximate surface area is 102 Å². The van der Waals surface area contributed by atoms with E-state index in [1.807, 2.05) is 6.92 Å². The molecule has 0 aliphatic carbocycles. The second kappa shape index (κ2) is 7.44.